The van der Waals surface area contributed by atoms with E-state index in [0.717, 1.165) is 78.2 Å². The highest BCUT2D eigenvalue weighted by atomic mass is 79.9. The summed E-state index contributed by atoms with van der Waals surface area (Å²) >= 11 is 11.0. The van der Waals surface area contributed by atoms with Crippen LogP contribution in [0.1, 0.15) is 138 Å². The van der Waals surface area contributed by atoms with Gasteiger partial charge in [0.15, 0.2) is 5.65 Å². The number of halogens is 1. The largest absolute Gasteiger partial charge is 0.367 e. The third-order valence-corrected chi connectivity index (χ3v) is 14.2. The van der Waals surface area contributed by atoms with Gasteiger partial charge in [-0.3, -0.25) is 19.0 Å². The molecule has 0 atom stereocenters. The molecule has 0 amide bonds. The lowest BCUT2D eigenvalue weighted by Gasteiger charge is -2.24. The molecule has 7 aromatic rings. The number of rotatable bonds is 6. The number of Topliss-reactive ketones (excluding diaryl/α,β-unsaturated/α-hetero) is 3. The number of carbonyl (C=O) groups is 3. The summed E-state index contributed by atoms with van der Waals surface area (Å²) in [5.41, 5.74) is 19.7. The van der Waals surface area contributed by atoms with Crippen LogP contribution in [0.3, 0.4) is 0 Å². The van der Waals surface area contributed by atoms with Crippen molar-refractivity contribution in [3.8, 4) is 11.9 Å². The van der Waals surface area contributed by atoms with Gasteiger partial charge < -0.3 is 26.9 Å². The number of aromatic nitrogens is 15. The van der Waals surface area contributed by atoms with Crippen molar-refractivity contribution < 1.29 is 14.4 Å². The van der Waals surface area contributed by atoms with Crippen LogP contribution in [-0.4, -0.2) is 119 Å². The first-order valence-electron chi connectivity index (χ1n) is 24.7. The van der Waals surface area contributed by atoms with Crippen molar-refractivity contribution in [2.24, 2.45) is 26.4 Å². The summed E-state index contributed by atoms with van der Waals surface area (Å²) in [6, 6.07) is 10.4. The number of anilines is 2. The van der Waals surface area contributed by atoms with Gasteiger partial charge in [0, 0.05) is 80.5 Å². The summed E-state index contributed by atoms with van der Waals surface area (Å²) in [7, 11) is 0. The normalized spacial score (nSPS) is 13.1. The Hall–Kier alpha value is -6.19. The number of aryl methyl sites for hydroxylation is 4. The van der Waals surface area contributed by atoms with Gasteiger partial charge >= 0.3 is 0 Å². The van der Waals surface area contributed by atoms with E-state index in [4.69, 9.17) is 22.4 Å². The van der Waals surface area contributed by atoms with Crippen molar-refractivity contribution >= 4 is 98.0 Å². The number of nitrogens with two attached hydrogens (primary N) is 3. The Morgan fingerprint density at radius 3 is 1.47 bits per heavy atom. The van der Waals surface area contributed by atoms with Crippen molar-refractivity contribution in [2.75, 3.05) is 34.1 Å². The van der Waals surface area contributed by atoms with E-state index in [2.05, 4.69) is 209 Å². The molecule has 0 saturated heterocycles. The van der Waals surface area contributed by atoms with Gasteiger partial charge in [0.25, 0.3) is 11.9 Å². The van der Waals surface area contributed by atoms with Crippen molar-refractivity contribution in [3.05, 3.63) is 63.6 Å². The Kier molecular flexibility index (Phi) is 21.4. The minimum absolute atomic E-state index is 0.0625. The van der Waals surface area contributed by atoms with Crippen LogP contribution < -0.4 is 17.3 Å². The van der Waals surface area contributed by atoms with E-state index in [9.17, 15) is 14.4 Å². The van der Waals surface area contributed by atoms with E-state index in [1.807, 2.05) is 30.0 Å². The highest BCUT2D eigenvalue weighted by molar-refractivity contribution is 9.09. The second-order valence-electron chi connectivity index (χ2n) is 22.4. The average molecular weight is 1180 g/mol. The third kappa shape index (κ3) is 17.2. The highest BCUT2D eigenvalue weighted by Crippen LogP contribution is 2.31. The molecule has 8 N–H and O–H groups in total. The van der Waals surface area contributed by atoms with Crippen LogP contribution in [0.25, 0.3) is 17.5 Å². The van der Waals surface area contributed by atoms with Crippen molar-refractivity contribution in [1.82, 2.24) is 73.6 Å². The van der Waals surface area contributed by atoms with Crippen LogP contribution in [0.2, 0.25) is 0 Å². The molecule has 0 aromatic carbocycles. The van der Waals surface area contributed by atoms with Gasteiger partial charge in [0.2, 0.25) is 27.0 Å². The number of alkyl halides is 1. The third-order valence-electron chi connectivity index (χ3n) is 11.5. The van der Waals surface area contributed by atoms with Crippen LogP contribution in [0, 0.1) is 48.7 Å². The van der Waals surface area contributed by atoms with Crippen LogP contribution in [0.15, 0.2) is 50.8 Å². The molecule has 0 radical (unpaired) electrons. The minimum atomic E-state index is -0.177. The SMILES string of the molecule is CC(=O)CCC(C)=O.CC(C)(C)C(=O)CBr.CC(C)(C)C1=Nn2c(N)nnc2SC1.Cc1ccc(C)n1-c1nnc2cc(C(C)(C)C)[nH]n12.Cc1ccc(C)n1-c1nnc2n1N=C(C(C)(C)C)CS2.Nc1n[nH]c(=S)n1N. The van der Waals surface area contributed by atoms with Crippen LogP contribution >= 0.6 is 51.7 Å². The molecular weight excluding hydrogens is 1100 g/mol. The van der Waals surface area contributed by atoms with Gasteiger partial charge in [0.05, 0.1) is 16.8 Å². The number of hydrogen-bond acceptors (Lipinski definition) is 18. The van der Waals surface area contributed by atoms with Crippen LogP contribution in [0.4, 0.5) is 11.9 Å². The molecule has 27 heteroatoms. The summed E-state index contributed by atoms with van der Waals surface area (Å²) < 4.78 is 11.0. The Bertz CT molecular complexity index is 3220. The van der Waals surface area contributed by atoms with Crippen LogP contribution in [-0.2, 0) is 19.8 Å². The number of nitrogen functional groups attached to an aromatic ring is 3. The lowest BCUT2D eigenvalue weighted by molar-refractivity contribution is -0.123. The fourth-order valence-electron chi connectivity index (χ4n) is 6.47. The molecule has 0 saturated carbocycles. The second-order valence-corrected chi connectivity index (χ2v) is 25.2. The zero-order valence-corrected chi connectivity index (χ0v) is 51.7. The number of H-pyrrole nitrogens is 2. The Balaban J connectivity index is 0.000000209. The smallest absolute Gasteiger partial charge is 0.257 e. The number of nitrogens with zero attached hydrogens (tertiary/aromatic N) is 15. The summed E-state index contributed by atoms with van der Waals surface area (Å²) in [5, 5.41) is 45.5. The number of carbonyl (C=O) groups excluding carboxylic acids is 3. The number of hydrogen-bond donors (Lipinski definition) is 5. The zero-order chi connectivity index (χ0) is 58.1. The van der Waals surface area contributed by atoms with Gasteiger partial charge in [0.1, 0.15) is 17.3 Å². The number of aromatic amines is 2. The Labute approximate surface area is 472 Å². The van der Waals surface area contributed by atoms with Crippen molar-refractivity contribution in [3.63, 3.8) is 0 Å². The second kappa shape index (κ2) is 26.0. The molecule has 9 heterocycles. The lowest BCUT2D eigenvalue weighted by atomic mass is 9.91. The fraction of sp³-hybridized carbons (Fsp3) is 0.540. The quantitative estimate of drug-likeness (QED) is 0.0588. The number of thioether (sulfide) groups is 2. The number of fused-ring (bicyclic) bond motifs is 3. The van der Waals surface area contributed by atoms with Gasteiger partial charge in [-0.2, -0.15) is 19.6 Å². The van der Waals surface area contributed by atoms with E-state index in [0.29, 0.717) is 28.9 Å². The van der Waals surface area contributed by atoms with E-state index < -0.39 is 0 Å². The first kappa shape index (κ1) is 63.3. The van der Waals surface area contributed by atoms with E-state index in [-0.39, 0.29) is 45.0 Å². The number of nitrogens with one attached hydrogen (secondary N) is 2. The topological polar surface area (TPSA) is 305 Å². The molecule has 9 rings (SSSR count). The highest BCUT2D eigenvalue weighted by Gasteiger charge is 2.28. The Morgan fingerprint density at radius 1 is 0.649 bits per heavy atom. The molecule has 0 unspecified atom stereocenters. The summed E-state index contributed by atoms with van der Waals surface area (Å²) in [4.78, 5) is 31.2. The summed E-state index contributed by atoms with van der Waals surface area (Å²) in [6.45, 7) is 36.5. The first-order valence-corrected chi connectivity index (χ1v) is 28.2. The van der Waals surface area contributed by atoms with E-state index in [1.165, 1.54) is 19.6 Å². The lowest BCUT2D eigenvalue weighted by Crippen LogP contribution is -2.27. The predicted octanol–water partition coefficient (Wildman–Crippen LogP) is 9.20. The van der Waals surface area contributed by atoms with Gasteiger partial charge in [-0.25, -0.2) is 14.3 Å². The van der Waals surface area contributed by atoms with E-state index in [1.54, 1.807) is 28.2 Å². The molecule has 7 aromatic heterocycles. The van der Waals surface area contributed by atoms with Gasteiger partial charge in [-0.15, -0.1) is 35.7 Å². The van der Waals surface area contributed by atoms with Crippen molar-refractivity contribution in [1.29, 1.82) is 0 Å². The molecule has 0 spiro atoms. The maximum Gasteiger partial charge on any atom is 0.257 e. The molecule has 0 bridgehead atoms. The maximum absolute atomic E-state index is 10.8. The summed E-state index contributed by atoms with van der Waals surface area (Å²) in [5.74, 6) is 9.48. The van der Waals surface area contributed by atoms with Crippen molar-refractivity contribution in [2.45, 2.75) is 153 Å². The predicted molar refractivity (Wildman–Crippen MR) is 315 cm³/mol. The first-order chi connectivity index (χ1) is 35.6. The molecule has 420 valence electrons. The molecule has 77 heavy (non-hydrogen) atoms. The fourth-order valence-corrected chi connectivity index (χ4v) is 9.66. The summed E-state index contributed by atoms with van der Waals surface area (Å²) in [6.07, 6.45) is 0.796. The molecule has 23 nitrogen and oxygen atoms in total. The molecule has 0 aliphatic carbocycles. The molecule has 2 aliphatic heterocycles. The Morgan fingerprint density at radius 2 is 1.09 bits per heavy atom. The van der Waals surface area contributed by atoms with Gasteiger partial charge in [-0.05, 0) is 78.0 Å². The molecular formula is C50H77BrN20O3S3. The molecule has 0 fully saturated rings. The maximum atomic E-state index is 10.8. The number of ketones is 3. The zero-order valence-electron chi connectivity index (χ0n) is 47.7. The monoisotopic (exact) mass is 1180 g/mol. The van der Waals surface area contributed by atoms with Crippen LogP contribution in [0.5, 0.6) is 0 Å². The average Bonchev–Trinajstić information content (AvgIpc) is 4.23. The minimum Gasteiger partial charge on any atom is -0.367 e. The molecule has 2 aliphatic rings. The standard InChI is InChI=1S/C14H19N5S.C14H19N5.C8H13N5S.C6H11BrO.C6H10O2.C2H5N5S/c1-9-6-7-10(2)18(9)12-15-16-13-19(12)17-11(8-20-13)14(3,4)5;1-9-6-7-10(2)18(9)13-16-15-12-8-11(14(3,4)5)17-19(12)13;1-8(2,3)5-4-14-7-11-10-6(9)13(7)12-5;1-6(2,3)5(8)4-7;1-5(7)3-4-6(2)8;3-1-5-6-2(8)7(1)4/h6-7H,8H2,1-5H3;6-8,17H,1-5H3;4H2,1-3H3,(H2,9,10);4H2,1-3H3;3-4H2,1-2H3;4H2,(H2,3,5)(H,6,8). The van der Waals surface area contributed by atoms with E-state index >= 15 is 0 Å². The van der Waals surface area contributed by atoms with Gasteiger partial charge in [-0.1, -0.05) is 123 Å².